The zero-order valence-corrected chi connectivity index (χ0v) is 10.9. The Morgan fingerprint density at radius 1 is 1.41 bits per heavy atom. The number of carboxylic acids is 1. The molecule has 0 aliphatic carbocycles. The Labute approximate surface area is 102 Å². The van der Waals surface area contributed by atoms with Crippen molar-refractivity contribution in [1.82, 2.24) is 0 Å². The molecule has 3 nitrogen and oxygen atoms in total. The summed E-state index contributed by atoms with van der Waals surface area (Å²) in [6.45, 7) is 8.04. The summed E-state index contributed by atoms with van der Waals surface area (Å²) in [5.74, 6) is 0.0627. The van der Waals surface area contributed by atoms with Gasteiger partial charge >= 0.3 is 5.97 Å². The number of aliphatic carboxylic acids is 1. The minimum absolute atomic E-state index is 0.528. The lowest BCUT2D eigenvalue weighted by molar-refractivity contribution is -0.146. The molecule has 0 aliphatic rings. The van der Waals surface area contributed by atoms with Crippen molar-refractivity contribution in [3.8, 4) is 5.75 Å². The molecule has 3 heteroatoms. The van der Waals surface area contributed by atoms with Crippen LogP contribution in [-0.2, 0) is 11.2 Å². The summed E-state index contributed by atoms with van der Waals surface area (Å²) in [6.07, 6.45) is 0.528. The van der Waals surface area contributed by atoms with Crippen molar-refractivity contribution in [2.75, 3.05) is 6.61 Å². The highest BCUT2D eigenvalue weighted by Gasteiger charge is 2.27. The molecule has 1 rings (SSSR count). The van der Waals surface area contributed by atoms with Crippen molar-refractivity contribution in [3.05, 3.63) is 29.3 Å². The van der Waals surface area contributed by atoms with Gasteiger partial charge in [-0.1, -0.05) is 6.07 Å². The maximum atomic E-state index is 11.1. The zero-order valence-electron chi connectivity index (χ0n) is 10.9. The highest BCUT2D eigenvalue weighted by atomic mass is 16.5. The van der Waals surface area contributed by atoms with Gasteiger partial charge in [-0.3, -0.25) is 4.79 Å². The van der Waals surface area contributed by atoms with Crippen LogP contribution in [-0.4, -0.2) is 17.7 Å². The van der Waals surface area contributed by atoms with Crippen LogP contribution < -0.4 is 4.74 Å². The predicted octanol–water partition coefficient (Wildman–Crippen LogP) is 3.05. The van der Waals surface area contributed by atoms with Gasteiger partial charge in [-0.25, -0.2) is 0 Å². The molecule has 0 heterocycles. The van der Waals surface area contributed by atoms with E-state index in [1.165, 1.54) is 0 Å². The third-order valence-corrected chi connectivity index (χ3v) is 2.84. The fourth-order valence-electron chi connectivity index (χ4n) is 1.67. The summed E-state index contributed by atoms with van der Waals surface area (Å²) in [7, 11) is 0. The molecule has 0 atom stereocenters. The molecule has 0 saturated heterocycles. The number of carbonyl (C=O) groups is 1. The Hall–Kier alpha value is -1.51. The molecule has 94 valence electrons. The van der Waals surface area contributed by atoms with Gasteiger partial charge in [-0.05, 0) is 57.4 Å². The topological polar surface area (TPSA) is 46.5 Å². The molecule has 0 radical (unpaired) electrons. The largest absolute Gasteiger partial charge is 0.494 e. The first-order valence-electron chi connectivity index (χ1n) is 5.82. The first-order chi connectivity index (χ1) is 7.86. The summed E-state index contributed by atoms with van der Waals surface area (Å²) < 4.78 is 5.40. The Balaban J connectivity index is 2.90. The van der Waals surface area contributed by atoms with Crippen molar-refractivity contribution < 1.29 is 14.6 Å². The van der Waals surface area contributed by atoms with E-state index < -0.39 is 11.4 Å². The van der Waals surface area contributed by atoms with Gasteiger partial charge in [-0.15, -0.1) is 0 Å². The molecule has 0 aromatic heterocycles. The maximum Gasteiger partial charge on any atom is 0.309 e. The standard InChI is InChI=1S/C14H20O3/c1-5-17-12-7-6-11(10(2)8-12)9-14(3,4)13(15)16/h6-8H,5,9H2,1-4H3,(H,15,16). The van der Waals surface area contributed by atoms with Gasteiger partial charge in [0.05, 0.1) is 12.0 Å². The molecular weight excluding hydrogens is 216 g/mol. The van der Waals surface area contributed by atoms with Crippen molar-refractivity contribution >= 4 is 5.97 Å². The predicted molar refractivity (Wildman–Crippen MR) is 67.5 cm³/mol. The van der Waals surface area contributed by atoms with Crippen LogP contribution in [0.1, 0.15) is 31.9 Å². The minimum atomic E-state index is -0.772. The van der Waals surface area contributed by atoms with Crippen molar-refractivity contribution in [3.63, 3.8) is 0 Å². The summed E-state index contributed by atoms with van der Waals surface area (Å²) >= 11 is 0. The quantitative estimate of drug-likeness (QED) is 0.854. The third-order valence-electron chi connectivity index (χ3n) is 2.84. The SMILES string of the molecule is CCOc1ccc(CC(C)(C)C(=O)O)c(C)c1. The smallest absolute Gasteiger partial charge is 0.309 e. The van der Waals surface area contributed by atoms with E-state index >= 15 is 0 Å². The summed E-state index contributed by atoms with van der Waals surface area (Å²) in [6, 6.07) is 5.80. The first-order valence-corrected chi connectivity index (χ1v) is 5.82. The second-order valence-corrected chi connectivity index (χ2v) is 4.89. The van der Waals surface area contributed by atoms with Gasteiger partial charge in [-0.2, -0.15) is 0 Å². The molecule has 0 bridgehead atoms. The molecule has 0 aliphatic heterocycles. The Kier molecular flexibility index (Phi) is 4.16. The van der Waals surface area contributed by atoms with Gasteiger partial charge < -0.3 is 9.84 Å². The Morgan fingerprint density at radius 3 is 2.53 bits per heavy atom. The van der Waals surface area contributed by atoms with Crippen molar-refractivity contribution in [2.24, 2.45) is 5.41 Å². The van der Waals surface area contributed by atoms with Gasteiger partial charge in [0.2, 0.25) is 0 Å². The van der Waals surface area contributed by atoms with Crippen LogP contribution in [0, 0.1) is 12.3 Å². The van der Waals surface area contributed by atoms with E-state index in [-0.39, 0.29) is 0 Å². The number of benzene rings is 1. The lowest BCUT2D eigenvalue weighted by Gasteiger charge is -2.20. The second-order valence-electron chi connectivity index (χ2n) is 4.89. The van der Waals surface area contributed by atoms with Crippen molar-refractivity contribution in [2.45, 2.75) is 34.1 Å². The van der Waals surface area contributed by atoms with Crippen LogP contribution in [0.4, 0.5) is 0 Å². The Morgan fingerprint density at radius 2 is 2.06 bits per heavy atom. The average molecular weight is 236 g/mol. The van der Waals surface area contributed by atoms with E-state index in [9.17, 15) is 4.79 Å². The van der Waals surface area contributed by atoms with E-state index in [4.69, 9.17) is 9.84 Å². The second kappa shape index (κ2) is 5.21. The molecule has 0 saturated carbocycles. The van der Waals surface area contributed by atoms with E-state index in [0.29, 0.717) is 13.0 Å². The van der Waals surface area contributed by atoms with Gasteiger partial charge in [0, 0.05) is 0 Å². The van der Waals surface area contributed by atoms with Crippen LogP contribution in [0.2, 0.25) is 0 Å². The van der Waals surface area contributed by atoms with E-state index in [1.807, 2.05) is 32.0 Å². The van der Waals surface area contributed by atoms with E-state index in [1.54, 1.807) is 13.8 Å². The van der Waals surface area contributed by atoms with Crippen LogP contribution in [0.3, 0.4) is 0 Å². The molecule has 1 aromatic carbocycles. The van der Waals surface area contributed by atoms with Crippen LogP contribution in [0.15, 0.2) is 18.2 Å². The zero-order chi connectivity index (χ0) is 13.1. The number of carboxylic acid groups (broad SMARTS) is 1. The monoisotopic (exact) mass is 236 g/mol. The van der Waals surface area contributed by atoms with E-state index in [2.05, 4.69) is 0 Å². The van der Waals surface area contributed by atoms with Crippen LogP contribution in [0.5, 0.6) is 5.75 Å². The molecule has 17 heavy (non-hydrogen) atoms. The molecule has 0 spiro atoms. The van der Waals surface area contributed by atoms with Gasteiger partial charge in [0.25, 0.3) is 0 Å². The highest BCUT2D eigenvalue weighted by molar-refractivity contribution is 5.74. The summed E-state index contributed by atoms with van der Waals surface area (Å²) in [5.41, 5.74) is 1.39. The lowest BCUT2D eigenvalue weighted by Crippen LogP contribution is -2.26. The van der Waals surface area contributed by atoms with Crippen molar-refractivity contribution in [1.29, 1.82) is 0 Å². The van der Waals surface area contributed by atoms with Crippen LogP contribution >= 0.6 is 0 Å². The fraction of sp³-hybridized carbons (Fsp3) is 0.500. The van der Waals surface area contributed by atoms with Crippen LogP contribution in [0.25, 0.3) is 0 Å². The molecule has 0 amide bonds. The van der Waals surface area contributed by atoms with Gasteiger partial charge in [0.15, 0.2) is 0 Å². The minimum Gasteiger partial charge on any atom is -0.494 e. The summed E-state index contributed by atoms with van der Waals surface area (Å²) in [4.78, 5) is 11.1. The summed E-state index contributed by atoms with van der Waals surface area (Å²) in [5, 5.41) is 9.11. The van der Waals surface area contributed by atoms with Gasteiger partial charge in [0.1, 0.15) is 5.75 Å². The average Bonchev–Trinajstić information content (AvgIpc) is 2.22. The molecule has 1 N–H and O–H groups in total. The molecule has 1 aromatic rings. The third kappa shape index (κ3) is 3.48. The number of hydrogen-bond acceptors (Lipinski definition) is 2. The number of rotatable bonds is 5. The normalized spacial score (nSPS) is 11.3. The fourth-order valence-corrected chi connectivity index (χ4v) is 1.67. The van der Waals surface area contributed by atoms with E-state index in [0.717, 1.165) is 16.9 Å². The maximum absolute atomic E-state index is 11.1. The first kappa shape index (κ1) is 13.6. The highest BCUT2D eigenvalue weighted by Crippen LogP contribution is 2.26. The molecule has 0 unspecified atom stereocenters. The molecular formula is C14H20O3. The number of aryl methyl sites for hydroxylation is 1. The number of ether oxygens (including phenoxy) is 1. The lowest BCUT2D eigenvalue weighted by atomic mass is 9.84. The Bertz CT molecular complexity index is 408. The number of hydrogen-bond donors (Lipinski definition) is 1. The molecule has 0 fully saturated rings.